The number of hydrogen-bond acceptors (Lipinski definition) is 6. The zero-order valence-corrected chi connectivity index (χ0v) is 26.2. The summed E-state index contributed by atoms with van der Waals surface area (Å²) in [7, 11) is -0.691. The van der Waals surface area contributed by atoms with Crippen LogP contribution in [0.2, 0.25) is 6.82 Å². The Hall–Kier alpha value is -3.90. The number of benzene rings is 2. The van der Waals surface area contributed by atoms with Crippen molar-refractivity contribution in [2.75, 3.05) is 36.3 Å². The minimum absolute atomic E-state index is 0.0570. The molecule has 2 fully saturated rings. The Kier molecular flexibility index (Phi) is 8.86. The molecule has 6 rings (SSSR count). The number of alkyl halides is 3. The number of likely N-dealkylation sites (tertiary alicyclic amines) is 2. The van der Waals surface area contributed by atoms with E-state index in [1.165, 1.54) is 0 Å². The van der Waals surface area contributed by atoms with Crippen LogP contribution in [0.25, 0.3) is 0 Å². The van der Waals surface area contributed by atoms with Gasteiger partial charge in [0, 0.05) is 37.4 Å². The fraction of sp³-hybridized carbons (Fsp3) is 0.441. The molecule has 2 amide bonds. The summed E-state index contributed by atoms with van der Waals surface area (Å²) < 4.78 is 40.6. The highest BCUT2D eigenvalue weighted by molar-refractivity contribution is 6.52. The number of anilines is 2. The maximum Gasteiger partial charge on any atom is 0.416 e. The third-order valence-electron chi connectivity index (χ3n) is 9.62. The molecule has 242 valence electrons. The van der Waals surface area contributed by atoms with Crippen molar-refractivity contribution in [3.63, 3.8) is 0 Å². The molecule has 3 aliphatic rings. The van der Waals surface area contributed by atoms with E-state index in [0.717, 1.165) is 61.4 Å². The number of halogens is 3. The van der Waals surface area contributed by atoms with Gasteiger partial charge >= 0.3 is 13.2 Å². The van der Waals surface area contributed by atoms with E-state index in [-0.39, 0.29) is 24.3 Å². The smallest absolute Gasteiger partial charge is 0.416 e. The van der Waals surface area contributed by atoms with Crippen molar-refractivity contribution >= 4 is 30.4 Å². The first-order valence-electron chi connectivity index (χ1n) is 15.9. The first-order valence-corrected chi connectivity index (χ1v) is 15.9. The van der Waals surface area contributed by atoms with E-state index in [9.17, 15) is 27.8 Å². The van der Waals surface area contributed by atoms with Crippen LogP contribution >= 0.6 is 0 Å². The third kappa shape index (κ3) is 6.50. The molecular formula is C34H39BF3N5O3. The molecular weight excluding hydrogens is 594 g/mol. The van der Waals surface area contributed by atoms with Crippen molar-refractivity contribution in [1.29, 1.82) is 0 Å². The maximum atomic E-state index is 14.1. The molecule has 4 heterocycles. The molecule has 8 nitrogen and oxygen atoms in total. The topological polar surface area (TPSA) is 89.0 Å². The van der Waals surface area contributed by atoms with Gasteiger partial charge in [-0.05, 0) is 99.5 Å². The van der Waals surface area contributed by atoms with Crippen LogP contribution in [0, 0.1) is 12.8 Å². The van der Waals surface area contributed by atoms with Gasteiger partial charge < -0.3 is 20.1 Å². The summed E-state index contributed by atoms with van der Waals surface area (Å²) in [6.45, 7) is 6.59. The standard InChI is InChI=1S/C34H39BF3N5O3/c1-23-17-25(19-27(18-23)34(36,37)38)22-43-29-6-4-3-5-28(29)33(32(43)45)10-15-42(16-11-33)31(44)26-8-13-41(14-9-26)21-24-7-12-39-30(20-24)40-35(2)46/h3-7,12,17-20,26,46H,8-11,13-16,21-22H2,1-2H3,(H,39,40). The Morgan fingerprint density at radius 2 is 1.74 bits per heavy atom. The Balaban J connectivity index is 1.08. The van der Waals surface area contributed by atoms with Crippen molar-refractivity contribution in [2.45, 2.75) is 64.1 Å². The van der Waals surface area contributed by atoms with Gasteiger partial charge in [0.05, 0.1) is 17.5 Å². The van der Waals surface area contributed by atoms with Gasteiger partial charge in [0.1, 0.15) is 5.82 Å². The Morgan fingerprint density at radius 3 is 2.43 bits per heavy atom. The van der Waals surface area contributed by atoms with Crippen LogP contribution in [0.4, 0.5) is 24.7 Å². The van der Waals surface area contributed by atoms with Gasteiger partial charge in [0.25, 0.3) is 0 Å². The molecule has 12 heteroatoms. The number of nitrogens with zero attached hydrogens (tertiary/aromatic N) is 4. The van der Waals surface area contributed by atoms with E-state index in [0.29, 0.717) is 42.9 Å². The van der Waals surface area contributed by atoms with Gasteiger partial charge in [-0.3, -0.25) is 14.5 Å². The lowest BCUT2D eigenvalue weighted by molar-refractivity contribution is -0.140. The Labute approximate surface area is 267 Å². The number of aromatic nitrogens is 1. The van der Waals surface area contributed by atoms with Crippen molar-refractivity contribution in [1.82, 2.24) is 14.8 Å². The molecule has 1 aromatic heterocycles. The number of carbonyl (C=O) groups excluding carboxylic acids is 2. The zero-order chi connectivity index (χ0) is 32.6. The summed E-state index contributed by atoms with van der Waals surface area (Å²) in [5.41, 5.74) is 2.14. The number of piperidine rings is 2. The number of hydrogen-bond donors (Lipinski definition) is 2. The van der Waals surface area contributed by atoms with Gasteiger partial charge in [-0.1, -0.05) is 29.8 Å². The largest absolute Gasteiger partial charge is 0.433 e. The second-order valence-electron chi connectivity index (χ2n) is 12.9. The highest BCUT2D eigenvalue weighted by Gasteiger charge is 2.52. The van der Waals surface area contributed by atoms with Crippen LogP contribution in [0.1, 0.15) is 53.5 Å². The third-order valence-corrected chi connectivity index (χ3v) is 9.62. The lowest BCUT2D eigenvalue weighted by Gasteiger charge is -2.41. The van der Waals surface area contributed by atoms with Crippen LogP contribution in [0.3, 0.4) is 0 Å². The first kappa shape index (κ1) is 32.1. The number of rotatable bonds is 7. The van der Waals surface area contributed by atoms with E-state index in [1.54, 1.807) is 30.9 Å². The number of pyridine rings is 1. The number of carbonyl (C=O) groups is 2. The molecule has 3 aromatic rings. The van der Waals surface area contributed by atoms with Crippen molar-refractivity contribution in [3.8, 4) is 0 Å². The predicted octanol–water partition coefficient (Wildman–Crippen LogP) is 5.25. The molecule has 2 N–H and O–H groups in total. The molecule has 2 saturated heterocycles. The zero-order valence-electron chi connectivity index (χ0n) is 26.2. The summed E-state index contributed by atoms with van der Waals surface area (Å²) in [6, 6.07) is 15.4. The summed E-state index contributed by atoms with van der Waals surface area (Å²) in [4.78, 5) is 37.8. The second kappa shape index (κ2) is 12.7. The van der Waals surface area contributed by atoms with Crippen LogP contribution in [-0.2, 0) is 34.3 Å². The summed E-state index contributed by atoms with van der Waals surface area (Å²) in [5, 5.41) is 12.5. The van der Waals surface area contributed by atoms with E-state index in [4.69, 9.17) is 0 Å². The van der Waals surface area contributed by atoms with E-state index >= 15 is 0 Å². The number of aryl methyl sites for hydroxylation is 1. The first-order chi connectivity index (χ1) is 21.9. The highest BCUT2D eigenvalue weighted by atomic mass is 19.4. The van der Waals surface area contributed by atoms with Crippen molar-refractivity contribution in [3.05, 3.63) is 88.6 Å². The number of nitrogens with one attached hydrogen (secondary N) is 1. The van der Waals surface area contributed by atoms with Crippen LogP contribution in [-0.4, -0.2) is 64.9 Å². The molecule has 0 saturated carbocycles. The van der Waals surface area contributed by atoms with Crippen molar-refractivity contribution < 1.29 is 27.8 Å². The molecule has 0 aliphatic carbocycles. The molecule has 1 spiro atoms. The van der Waals surface area contributed by atoms with E-state index in [1.807, 2.05) is 41.3 Å². The van der Waals surface area contributed by atoms with E-state index in [2.05, 4.69) is 15.1 Å². The monoisotopic (exact) mass is 633 g/mol. The molecule has 2 aromatic carbocycles. The summed E-state index contributed by atoms with van der Waals surface area (Å²) >= 11 is 0. The van der Waals surface area contributed by atoms with E-state index < -0.39 is 24.2 Å². The predicted molar refractivity (Wildman–Crippen MR) is 171 cm³/mol. The molecule has 46 heavy (non-hydrogen) atoms. The fourth-order valence-corrected chi connectivity index (χ4v) is 7.37. The molecule has 0 atom stereocenters. The Morgan fingerprint density at radius 1 is 1.02 bits per heavy atom. The number of para-hydroxylation sites is 1. The van der Waals surface area contributed by atoms with Gasteiger partial charge in [-0.25, -0.2) is 4.98 Å². The van der Waals surface area contributed by atoms with Gasteiger partial charge in [-0.15, -0.1) is 0 Å². The van der Waals surface area contributed by atoms with Gasteiger partial charge in [0.2, 0.25) is 11.8 Å². The SMILES string of the molecule is CB(O)Nc1cc(CN2CCC(C(=O)N3CCC4(CC3)C(=O)N(Cc3cc(C)cc(C(F)(F)F)c3)c3ccccc34)CC2)ccn1. The van der Waals surface area contributed by atoms with Crippen LogP contribution in [0.15, 0.2) is 60.8 Å². The normalized spacial score (nSPS) is 18.6. The molecule has 0 unspecified atom stereocenters. The average Bonchev–Trinajstić information content (AvgIpc) is 3.23. The molecule has 0 radical (unpaired) electrons. The van der Waals surface area contributed by atoms with Crippen molar-refractivity contribution in [2.24, 2.45) is 5.92 Å². The highest BCUT2D eigenvalue weighted by Crippen LogP contribution is 2.49. The summed E-state index contributed by atoms with van der Waals surface area (Å²) in [6.07, 6.45) is -0.260. The lowest BCUT2D eigenvalue weighted by Crippen LogP contribution is -2.52. The lowest BCUT2D eigenvalue weighted by atomic mass is 9.73. The maximum absolute atomic E-state index is 14.1. The van der Waals surface area contributed by atoms with Gasteiger partial charge in [0.15, 0.2) is 0 Å². The average molecular weight is 634 g/mol. The summed E-state index contributed by atoms with van der Waals surface area (Å²) in [5.74, 6) is 0.587. The quantitative estimate of drug-likeness (QED) is 0.346. The fourth-order valence-electron chi connectivity index (χ4n) is 7.37. The van der Waals surface area contributed by atoms with Crippen LogP contribution in [0.5, 0.6) is 0 Å². The molecule has 0 bridgehead atoms. The minimum atomic E-state index is -4.47. The number of amides is 2. The van der Waals surface area contributed by atoms with Crippen LogP contribution < -0.4 is 10.1 Å². The molecule has 3 aliphatic heterocycles. The van der Waals surface area contributed by atoms with Gasteiger partial charge in [-0.2, -0.15) is 13.2 Å². The second-order valence-corrected chi connectivity index (χ2v) is 12.9. The minimum Gasteiger partial charge on any atom is -0.433 e. The Bertz CT molecular complexity index is 1600. The number of fused-ring (bicyclic) bond motifs is 2.